The van der Waals surface area contributed by atoms with Crippen LogP contribution in [0, 0.1) is 0 Å². The molecule has 0 atom stereocenters. The van der Waals surface area contributed by atoms with Crippen LogP contribution < -0.4 is 9.64 Å². The van der Waals surface area contributed by atoms with E-state index >= 15 is 0 Å². The van der Waals surface area contributed by atoms with E-state index < -0.39 is 5.97 Å². The molecule has 0 unspecified atom stereocenters. The fraction of sp³-hybridized carbons (Fsp3) is 0.240. The number of anilines is 1. The first-order chi connectivity index (χ1) is 14.1. The minimum atomic E-state index is -0.779. The van der Waals surface area contributed by atoms with Gasteiger partial charge in [0, 0.05) is 25.2 Å². The molecule has 4 nitrogen and oxygen atoms in total. The fourth-order valence-corrected chi connectivity index (χ4v) is 3.20. The number of hydrogen-bond donors (Lipinski definition) is 1. The highest BCUT2D eigenvalue weighted by molar-refractivity contribution is 5.67. The maximum absolute atomic E-state index is 10.7. The van der Waals surface area contributed by atoms with Crippen LogP contribution in [-0.2, 0) is 24.4 Å². The molecule has 0 aromatic heterocycles. The summed E-state index contributed by atoms with van der Waals surface area (Å²) in [5.74, 6) is 0.00436. The van der Waals surface area contributed by atoms with Crippen LogP contribution in [0.5, 0.6) is 5.75 Å². The van der Waals surface area contributed by atoms with Gasteiger partial charge in [-0.15, -0.1) is 0 Å². The highest BCUT2D eigenvalue weighted by Gasteiger charge is 2.07. The summed E-state index contributed by atoms with van der Waals surface area (Å²) in [6, 6.07) is 26.6. The molecule has 29 heavy (non-hydrogen) atoms. The predicted octanol–water partition coefficient (Wildman–Crippen LogP) is 5.31. The number of carboxylic acids is 1. The lowest BCUT2D eigenvalue weighted by Gasteiger charge is -2.24. The summed E-state index contributed by atoms with van der Waals surface area (Å²) in [7, 11) is 0. The summed E-state index contributed by atoms with van der Waals surface area (Å²) >= 11 is 0. The van der Waals surface area contributed by atoms with Gasteiger partial charge in [-0.05, 0) is 54.3 Å². The zero-order valence-corrected chi connectivity index (χ0v) is 16.8. The Kier molecular flexibility index (Phi) is 7.28. The highest BCUT2D eigenvalue weighted by atomic mass is 16.5. The summed E-state index contributed by atoms with van der Waals surface area (Å²) in [6.45, 7) is 4.46. The molecule has 3 rings (SSSR count). The van der Waals surface area contributed by atoms with E-state index in [4.69, 9.17) is 9.84 Å². The standard InChI is InChI=1S/C25H27NO3/c1-2-26(18-21-7-4-3-5-8-21)23-10-6-9-22(17-23)19-29-24-14-11-20(12-15-24)13-16-25(27)28/h3-12,14-15,17H,2,13,16,18-19H2,1H3,(H,27,28). The number of nitrogens with zero attached hydrogens (tertiary/aromatic N) is 1. The molecule has 0 radical (unpaired) electrons. The maximum Gasteiger partial charge on any atom is 0.303 e. The molecular formula is C25H27NO3. The molecule has 150 valence electrons. The van der Waals surface area contributed by atoms with Gasteiger partial charge < -0.3 is 14.7 Å². The third-order valence-electron chi connectivity index (χ3n) is 4.83. The van der Waals surface area contributed by atoms with Crippen molar-refractivity contribution in [1.82, 2.24) is 0 Å². The van der Waals surface area contributed by atoms with Crippen molar-refractivity contribution in [3.63, 3.8) is 0 Å². The average molecular weight is 389 g/mol. The van der Waals surface area contributed by atoms with Gasteiger partial charge in [0.2, 0.25) is 0 Å². The lowest BCUT2D eigenvalue weighted by Crippen LogP contribution is -2.22. The van der Waals surface area contributed by atoms with Crippen LogP contribution in [-0.4, -0.2) is 17.6 Å². The van der Waals surface area contributed by atoms with Gasteiger partial charge in [0.25, 0.3) is 0 Å². The monoisotopic (exact) mass is 389 g/mol. The van der Waals surface area contributed by atoms with E-state index in [-0.39, 0.29) is 6.42 Å². The molecule has 0 saturated heterocycles. The number of aryl methyl sites for hydroxylation is 1. The molecule has 3 aromatic carbocycles. The first-order valence-electron chi connectivity index (χ1n) is 9.95. The normalized spacial score (nSPS) is 10.5. The van der Waals surface area contributed by atoms with E-state index in [2.05, 4.69) is 60.4 Å². The van der Waals surface area contributed by atoms with E-state index in [0.29, 0.717) is 13.0 Å². The Morgan fingerprint density at radius 3 is 2.31 bits per heavy atom. The topological polar surface area (TPSA) is 49.8 Å². The Morgan fingerprint density at radius 1 is 0.897 bits per heavy atom. The minimum absolute atomic E-state index is 0.143. The Balaban J connectivity index is 1.59. The molecule has 0 saturated carbocycles. The Morgan fingerprint density at radius 2 is 1.62 bits per heavy atom. The van der Waals surface area contributed by atoms with Crippen LogP contribution in [0.4, 0.5) is 5.69 Å². The molecule has 1 N–H and O–H groups in total. The van der Waals surface area contributed by atoms with Crippen LogP contribution in [0.2, 0.25) is 0 Å². The van der Waals surface area contributed by atoms with E-state index in [1.54, 1.807) is 0 Å². The first kappa shape index (κ1) is 20.5. The lowest BCUT2D eigenvalue weighted by atomic mass is 10.1. The zero-order valence-electron chi connectivity index (χ0n) is 16.8. The van der Waals surface area contributed by atoms with Crippen molar-refractivity contribution in [3.05, 3.63) is 95.6 Å². The van der Waals surface area contributed by atoms with Crippen molar-refractivity contribution in [3.8, 4) is 5.75 Å². The van der Waals surface area contributed by atoms with Crippen molar-refractivity contribution < 1.29 is 14.6 Å². The van der Waals surface area contributed by atoms with Crippen LogP contribution in [0.3, 0.4) is 0 Å². The summed E-state index contributed by atoms with van der Waals surface area (Å²) in [6.07, 6.45) is 0.676. The number of carbonyl (C=O) groups is 1. The summed E-state index contributed by atoms with van der Waals surface area (Å²) < 4.78 is 5.92. The Labute approximate surface area is 172 Å². The average Bonchev–Trinajstić information content (AvgIpc) is 2.76. The molecule has 3 aromatic rings. The summed E-state index contributed by atoms with van der Waals surface area (Å²) in [5, 5.41) is 8.77. The predicted molar refractivity (Wildman–Crippen MR) is 116 cm³/mol. The van der Waals surface area contributed by atoms with Gasteiger partial charge in [-0.3, -0.25) is 4.79 Å². The number of carboxylic acid groups (broad SMARTS) is 1. The van der Waals surface area contributed by atoms with Crippen molar-refractivity contribution in [2.24, 2.45) is 0 Å². The number of hydrogen-bond acceptors (Lipinski definition) is 3. The largest absolute Gasteiger partial charge is 0.489 e. The van der Waals surface area contributed by atoms with Gasteiger partial charge in [-0.1, -0.05) is 54.6 Å². The summed E-state index contributed by atoms with van der Waals surface area (Å²) in [4.78, 5) is 13.0. The van der Waals surface area contributed by atoms with Crippen LogP contribution in [0.15, 0.2) is 78.9 Å². The van der Waals surface area contributed by atoms with Gasteiger partial charge in [-0.2, -0.15) is 0 Å². The highest BCUT2D eigenvalue weighted by Crippen LogP contribution is 2.21. The second-order valence-electron chi connectivity index (χ2n) is 7.00. The number of ether oxygens (including phenoxy) is 1. The SMILES string of the molecule is CCN(Cc1ccccc1)c1cccc(COc2ccc(CCC(=O)O)cc2)c1. The molecule has 0 bridgehead atoms. The van der Waals surface area contributed by atoms with E-state index in [1.165, 1.54) is 11.3 Å². The van der Waals surface area contributed by atoms with Crippen molar-refractivity contribution in [1.29, 1.82) is 0 Å². The number of rotatable bonds is 10. The van der Waals surface area contributed by atoms with Crippen LogP contribution in [0.25, 0.3) is 0 Å². The number of benzene rings is 3. The second-order valence-corrected chi connectivity index (χ2v) is 7.00. The van der Waals surface area contributed by atoms with Gasteiger partial charge in [0.15, 0.2) is 0 Å². The van der Waals surface area contributed by atoms with Crippen molar-refractivity contribution in [2.75, 3.05) is 11.4 Å². The zero-order chi connectivity index (χ0) is 20.5. The summed E-state index contributed by atoms with van der Waals surface area (Å²) in [5.41, 5.74) is 4.59. The lowest BCUT2D eigenvalue weighted by molar-refractivity contribution is -0.136. The molecular weight excluding hydrogens is 362 g/mol. The van der Waals surface area contributed by atoms with E-state index in [1.807, 2.05) is 30.3 Å². The minimum Gasteiger partial charge on any atom is -0.489 e. The molecule has 0 amide bonds. The van der Waals surface area contributed by atoms with E-state index in [9.17, 15) is 4.79 Å². The van der Waals surface area contributed by atoms with Gasteiger partial charge in [0.05, 0.1) is 0 Å². The van der Waals surface area contributed by atoms with Crippen molar-refractivity contribution in [2.45, 2.75) is 32.9 Å². The third kappa shape index (κ3) is 6.39. The second kappa shape index (κ2) is 10.3. The quantitative estimate of drug-likeness (QED) is 0.511. The number of aliphatic carboxylic acids is 1. The Bertz CT molecular complexity index is 907. The van der Waals surface area contributed by atoms with E-state index in [0.717, 1.165) is 30.0 Å². The third-order valence-corrected chi connectivity index (χ3v) is 4.83. The van der Waals surface area contributed by atoms with Crippen molar-refractivity contribution >= 4 is 11.7 Å². The molecule has 0 aliphatic heterocycles. The fourth-order valence-electron chi connectivity index (χ4n) is 3.20. The van der Waals surface area contributed by atoms with Crippen LogP contribution in [0.1, 0.15) is 30.0 Å². The maximum atomic E-state index is 10.7. The van der Waals surface area contributed by atoms with Gasteiger partial charge in [0.1, 0.15) is 12.4 Å². The van der Waals surface area contributed by atoms with Gasteiger partial charge >= 0.3 is 5.97 Å². The molecule has 0 aliphatic rings. The van der Waals surface area contributed by atoms with Crippen LogP contribution >= 0.6 is 0 Å². The molecule has 0 spiro atoms. The molecule has 0 heterocycles. The molecule has 0 fully saturated rings. The first-order valence-corrected chi connectivity index (χ1v) is 9.95. The Hall–Kier alpha value is -3.27. The molecule has 0 aliphatic carbocycles. The molecule has 4 heteroatoms. The van der Waals surface area contributed by atoms with Gasteiger partial charge in [-0.25, -0.2) is 0 Å². The smallest absolute Gasteiger partial charge is 0.303 e.